The highest BCUT2D eigenvalue weighted by atomic mass is 15.2. The summed E-state index contributed by atoms with van der Waals surface area (Å²) in [5, 5.41) is 3.55. The summed E-state index contributed by atoms with van der Waals surface area (Å²) in [7, 11) is 0. The summed E-state index contributed by atoms with van der Waals surface area (Å²) in [6.45, 7) is 6.39. The molecule has 3 rings (SSSR count). The molecule has 0 radical (unpaired) electrons. The number of likely N-dealkylation sites (tertiary alicyclic amines) is 1. The molecule has 2 aliphatic heterocycles. The van der Waals surface area contributed by atoms with Gasteiger partial charge in [-0.2, -0.15) is 0 Å². The zero-order chi connectivity index (χ0) is 13.8. The van der Waals surface area contributed by atoms with Crippen molar-refractivity contribution in [1.82, 2.24) is 10.2 Å². The molecule has 2 nitrogen and oxygen atoms in total. The fourth-order valence-electron chi connectivity index (χ4n) is 5.05. The van der Waals surface area contributed by atoms with E-state index in [0.717, 1.165) is 23.9 Å². The van der Waals surface area contributed by atoms with Crippen molar-refractivity contribution < 1.29 is 0 Å². The Morgan fingerprint density at radius 1 is 0.850 bits per heavy atom. The Hall–Kier alpha value is -0.0800. The summed E-state index contributed by atoms with van der Waals surface area (Å²) in [6.07, 6.45) is 14.6. The van der Waals surface area contributed by atoms with E-state index in [-0.39, 0.29) is 0 Å². The molecule has 3 unspecified atom stereocenters. The Kier molecular flexibility index (Phi) is 5.39. The van der Waals surface area contributed by atoms with E-state index < -0.39 is 0 Å². The van der Waals surface area contributed by atoms with Gasteiger partial charge < -0.3 is 5.32 Å². The molecule has 3 fully saturated rings. The maximum Gasteiger partial charge on any atom is 0.0127 e. The van der Waals surface area contributed by atoms with Gasteiger partial charge in [-0.1, -0.05) is 32.6 Å². The van der Waals surface area contributed by atoms with Gasteiger partial charge in [0.2, 0.25) is 0 Å². The average Bonchev–Trinajstić information content (AvgIpc) is 2.74. The van der Waals surface area contributed by atoms with Crippen LogP contribution in [0.5, 0.6) is 0 Å². The summed E-state index contributed by atoms with van der Waals surface area (Å²) in [5.74, 6) is 1.94. The summed E-state index contributed by atoms with van der Waals surface area (Å²) in [4.78, 5) is 3.00. The fraction of sp³-hybridized carbons (Fsp3) is 1.00. The van der Waals surface area contributed by atoms with Gasteiger partial charge in [-0.15, -0.1) is 0 Å². The van der Waals surface area contributed by atoms with Crippen molar-refractivity contribution in [3.63, 3.8) is 0 Å². The molecule has 0 spiro atoms. The minimum Gasteiger partial charge on any atom is -0.317 e. The standard InChI is InChI=1S/C18H34N2/c1-15-6-5-7-17(14-15)20-13-4-2-3-8-18(20)16-9-11-19-12-10-16/h15-19H,2-14H2,1H3. The molecule has 116 valence electrons. The molecule has 20 heavy (non-hydrogen) atoms. The van der Waals surface area contributed by atoms with E-state index in [1.807, 2.05) is 0 Å². The monoisotopic (exact) mass is 278 g/mol. The molecule has 1 N–H and O–H groups in total. The van der Waals surface area contributed by atoms with E-state index in [4.69, 9.17) is 0 Å². The number of hydrogen-bond donors (Lipinski definition) is 1. The van der Waals surface area contributed by atoms with Crippen LogP contribution in [-0.4, -0.2) is 36.6 Å². The van der Waals surface area contributed by atoms with E-state index in [1.54, 1.807) is 0 Å². The van der Waals surface area contributed by atoms with Crippen LogP contribution in [0.3, 0.4) is 0 Å². The van der Waals surface area contributed by atoms with Crippen molar-refractivity contribution in [2.75, 3.05) is 19.6 Å². The van der Waals surface area contributed by atoms with Gasteiger partial charge in [0, 0.05) is 12.1 Å². The van der Waals surface area contributed by atoms with E-state index in [2.05, 4.69) is 17.1 Å². The Labute approximate surface area is 125 Å². The van der Waals surface area contributed by atoms with E-state index in [0.29, 0.717) is 0 Å². The minimum atomic E-state index is 0.912. The third-order valence-corrected chi connectivity index (χ3v) is 6.15. The van der Waals surface area contributed by atoms with Crippen LogP contribution in [0.15, 0.2) is 0 Å². The highest BCUT2D eigenvalue weighted by Crippen LogP contribution is 2.35. The highest BCUT2D eigenvalue weighted by molar-refractivity contribution is 4.90. The lowest BCUT2D eigenvalue weighted by atomic mass is 9.82. The first kappa shape index (κ1) is 14.8. The van der Waals surface area contributed by atoms with Gasteiger partial charge in [0.1, 0.15) is 0 Å². The molecular weight excluding hydrogens is 244 g/mol. The van der Waals surface area contributed by atoms with Gasteiger partial charge >= 0.3 is 0 Å². The Balaban J connectivity index is 1.69. The maximum absolute atomic E-state index is 3.55. The molecule has 0 bridgehead atoms. The molecule has 0 aromatic carbocycles. The third-order valence-electron chi connectivity index (χ3n) is 6.15. The van der Waals surface area contributed by atoms with Crippen LogP contribution >= 0.6 is 0 Å². The fourth-order valence-corrected chi connectivity index (χ4v) is 5.05. The molecular formula is C18H34N2. The summed E-state index contributed by atoms with van der Waals surface area (Å²) in [5.41, 5.74) is 0. The van der Waals surface area contributed by atoms with Gasteiger partial charge in [0.05, 0.1) is 0 Å². The smallest absolute Gasteiger partial charge is 0.0127 e. The van der Waals surface area contributed by atoms with Crippen LogP contribution in [0, 0.1) is 11.8 Å². The predicted molar refractivity (Wildman–Crippen MR) is 86.0 cm³/mol. The molecule has 2 heteroatoms. The Morgan fingerprint density at radius 2 is 1.70 bits per heavy atom. The first-order chi connectivity index (χ1) is 9.84. The Bertz CT molecular complexity index is 285. The summed E-state index contributed by atoms with van der Waals surface area (Å²) in [6, 6.07) is 1.83. The second-order valence-electron chi connectivity index (χ2n) is 7.67. The van der Waals surface area contributed by atoms with Crippen molar-refractivity contribution in [3.05, 3.63) is 0 Å². The first-order valence-corrected chi connectivity index (χ1v) is 9.31. The van der Waals surface area contributed by atoms with Crippen molar-refractivity contribution in [2.45, 2.75) is 83.2 Å². The van der Waals surface area contributed by atoms with Crippen LogP contribution in [0.25, 0.3) is 0 Å². The minimum absolute atomic E-state index is 0.912. The number of nitrogens with zero attached hydrogens (tertiary/aromatic N) is 1. The van der Waals surface area contributed by atoms with Crippen LogP contribution in [0.4, 0.5) is 0 Å². The lowest BCUT2D eigenvalue weighted by Gasteiger charge is -2.44. The number of nitrogens with one attached hydrogen (secondary N) is 1. The molecule has 1 aliphatic carbocycles. The van der Waals surface area contributed by atoms with Crippen molar-refractivity contribution >= 4 is 0 Å². The zero-order valence-electron chi connectivity index (χ0n) is 13.4. The molecule has 0 amide bonds. The molecule has 3 atom stereocenters. The summed E-state index contributed by atoms with van der Waals surface area (Å²) >= 11 is 0. The predicted octanol–water partition coefficient (Wildman–Crippen LogP) is 3.81. The summed E-state index contributed by atoms with van der Waals surface area (Å²) < 4.78 is 0. The van der Waals surface area contributed by atoms with Crippen LogP contribution in [0.2, 0.25) is 0 Å². The second-order valence-corrected chi connectivity index (χ2v) is 7.67. The molecule has 3 aliphatic rings. The highest BCUT2D eigenvalue weighted by Gasteiger charge is 2.35. The van der Waals surface area contributed by atoms with Crippen LogP contribution in [-0.2, 0) is 0 Å². The van der Waals surface area contributed by atoms with Gasteiger partial charge in [0.25, 0.3) is 0 Å². The van der Waals surface area contributed by atoms with Crippen molar-refractivity contribution in [1.29, 1.82) is 0 Å². The van der Waals surface area contributed by atoms with E-state index in [1.165, 1.54) is 83.8 Å². The maximum atomic E-state index is 3.55. The molecule has 2 saturated heterocycles. The van der Waals surface area contributed by atoms with Crippen LogP contribution in [0.1, 0.15) is 71.1 Å². The topological polar surface area (TPSA) is 15.3 Å². The largest absolute Gasteiger partial charge is 0.317 e. The molecule has 1 saturated carbocycles. The van der Waals surface area contributed by atoms with Crippen LogP contribution < -0.4 is 5.32 Å². The SMILES string of the molecule is CC1CCCC(N2CCCCCC2C2CCNCC2)C1. The van der Waals surface area contributed by atoms with Crippen molar-refractivity contribution in [2.24, 2.45) is 11.8 Å². The van der Waals surface area contributed by atoms with E-state index >= 15 is 0 Å². The number of rotatable bonds is 2. The molecule has 0 aromatic heterocycles. The van der Waals surface area contributed by atoms with E-state index in [9.17, 15) is 0 Å². The molecule has 2 heterocycles. The quantitative estimate of drug-likeness (QED) is 0.826. The lowest BCUT2D eigenvalue weighted by molar-refractivity contribution is 0.0506. The van der Waals surface area contributed by atoms with Gasteiger partial charge in [-0.3, -0.25) is 4.90 Å². The normalized spacial score (nSPS) is 38.5. The van der Waals surface area contributed by atoms with Gasteiger partial charge in [0.15, 0.2) is 0 Å². The number of piperidine rings is 1. The van der Waals surface area contributed by atoms with Crippen molar-refractivity contribution in [3.8, 4) is 0 Å². The second kappa shape index (κ2) is 7.26. The van der Waals surface area contributed by atoms with Gasteiger partial charge in [-0.25, -0.2) is 0 Å². The average molecular weight is 278 g/mol. The first-order valence-electron chi connectivity index (χ1n) is 9.31. The number of hydrogen-bond acceptors (Lipinski definition) is 2. The zero-order valence-corrected chi connectivity index (χ0v) is 13.4. The third kappa shape index (κ3) is 3.57. The Morgan fingerprint density at radius 3 is 2.50 bits per heavy atom. The lowest BCUT2D eigenvalue weighted by Crippen LogP contribution is -2.50. The molecule has 0 aromatic rings. The van der Waals surface area contributed by atoms with Gasteiger partial charge in [-0.05, 0) is 70.0 Å².